The van der Waals surface area contributed by atoms with Crippen LogP contribution in [-0.2, 0) is 49.8 Å². The molecule has 0 fully saturated rings. The predicted octanol–water partition coefficient (Wildman–Crippen LogP) is 23.9. The fourth-order valence-electron chi connectivity index (χ4n) is 9.22. The molecule has 455 valence electrons. The summed E-state index contributed by atoms with van der Waals surface area (Å²) >= 11 is 2.51. The van der Waals surface area contributed by atoms with E-state index in [4.69, 9.17) is 28.8 Å². The van der Waals surface area contributed by atoms with Gasteiger partial charge < -0.3 is 9.97 Å². The SMILES string of the molecule is C.CC(C)(C)c1c[c-]c(-c2nccc3sc(-c4ccc(F)cc4F)cc23)cc1.CC(C)(C)c1c[c-]c(-c2nccc3sc(-c4ccc(F)cc4F)cc23)cc1.CC(C)(C)c1ccc(-c2nccc3sc(-c4ccc(F)cc4F)cc23)cc1.[Cl][Ir]([Cl])[Cl].[Ir]. The minimum atomic E-state index is -1.92. The van der Waals surface area contributed by atoms with Crippen molar-refractivity contribution in [2.45, 2.75) is 86.0 Å². The van der Waals surface area contributed by atoms with Crippen LogP contribution in [0.15, 0.2) is 170 Å². The molecule has 0 amide bonds. The van der Waals surface area contributed by atoms with E-state index in [1.54, 1.807) is 18.6 Å². The number of pyridine rings is 3. The molecule has 12 aromatic rings. The predicted molar refractivity (Wildman–Crippen MR) is 349 cm³/mol. The summed E-state index contributed by atoms with van der Waals surface area (Å²) in [4.78, 5) is 15.9. The van der Waals surface area contributed by atoms with E-state index < -0.39 is 48.4 Å². The smallest absolute Gasteiger partial charge is 0 e. The third kappa shape index (κ3) is 16.8. The number of thiophene rings is 3. The molecule has 3 nitrogen and oxygen atoms in total. The first kappa shape index (κ1) is 68.9. The number of benzene rings is 6. The molecule has 0 aliphatic rings. The molecular weight excluding hydrogens is 1580 g/mol. The van der Waals surface area contributed by atoms with Gasteiger partial charge in [0.2, 0.25) is 0 Å². The minimum Gasteiger partial charge on any atom is 0 e. The molecule has 0 N–H and O–H groups in total. The molecular formula is C70H59Cl3F6Ir2N3S3-2. The van der Waals surface area contributed by atoms with Gasteiger partial charge in [0.25, 0.3) is 0 Å². The van der Waals surface area contributed by atoms with E-state index in [0.29, 0.717) is 16.7 Å². The average molecular weight is 1640 g/mol. The normalized spacial score (nSPS) is 11.6. The summed E-state index contributed by atoms with van der Waals surface area (Å²) in [5.74, 6) is -3.39. The summed E-state index contributed by atoms with van der Waals surface area (Å²) in [5, 5.41) is 2.87. The summed E-state index contributed by atoms with van der Waals surface area (Å²) in [7, 11) is 14.9. The van der Waals surface area contributed by atoms with Crippen LogP contribution in [0.2, 0.25) is 0 Å². The molecule has 1 radical (unpaired) electrons. The molecule has 0 saturated heterocycles. The molecule has 6 aromatic carbocycles. The summed E-state index contributed by atoms with van der Waals surface area (Å²) < 4.78 is 85.3. The Morgan fingerprint density at radius 1 is 0.391 bits per heavy atom. The van der Waals surface area contributed by atoms with Gasteiger partial charge in [0.1, 0.15) is 34.9 Å². The van der Waals surface area contributed by atoms with Crippen molar-refractivity contribution < 1.29 is 59.9 Å². The van der Waals surface area contributed by atoms with Crippen molar-refractivity contribution >= 4 is 93.0 Å². The molecule has 17 heteroatoms. The van der Waals surface area contributed by atoms with E-state index in [-0.39, 0.29) is 43.8 Å². The van der Waals surface area contributed by atoms with Gasteiger partial charge in [-0.05, 0) is 117 Å². The Morgan fingerprint density at radius 2 is 0.690 bits per heavy atom. The first-order valence-electron chi connectivity index (χ1n) is 26.5. The van der Waals surface area contributed by atoms with Crippen molar-refractivity contribution in [2.75, 3.05) is 0 Å². The first-order valence-corrected chi connectivity index (χ1v) is 37.9. The molecule has 0 bridgehead atoms. The average Bonchev–Trinajstić information content (AvgIpc) is 2.03. The third-order valence-corrected chi connectivity index (χ3v) is 17.2. The van der Waals surface area contributed by atoms with Crippen LogP contribution in [0.4, 0.5) is 26.3 Å². The Hall–Kier alpha value is -5.60. The molecule has 0 atom stereocenters. The van der Waals surface area contributed by atoms with Gasteiger partial charge in [0.15, 0.2) is 0 Å². The van der Waals surface area contributed by atoms with Gasteiger partial charge in [-0.15, -0.1) is 105 Å². The van der Waals surface area contributed by atoms with Crippen molar-refractivity contribution in [3.8, 4) is 65.1 Å². The Labute approximate surface area is 548 Å². The molecule has 0 aliphatic carbocycles. The molecule has 12 rings (SSSR count). The van der Waals surface area contributed by atoms with Crippen molar-refractivity contribution in [3.63, 3.8) is 0 Å². The number of hydrogen-bond donors (Lipinski definition) is 0. The van der Waals surface area contributed by atoms with Crippen LogP contribution in [0.5, 0.6) is 0 Å². The van der Waals surface area contributed by atoms with Crippen LogP contribution in [0.1, 0.15) is 86.4 Å². The standard InChI is InChI=1S/C23H19F2NS.2C23H18F2NS.CH4.3ClH.2Ir/c3*1-23(2,3)15-6-4-14(5-7-15)22-18-13-21(27-20(18)10-11-26-22)17-9-8-16(24)12-19(17)25;;;;;;/h4-13H,1-3H3;2*4,6-13H,1-3H3;1H4;3*1H;;/q;2*-1;;;;;;+3/p-3. The molecule has 87 heavy (non-hydrogen) atoms. The van der Waals surface area contributed by atoms with Crippen molar-refractivity contribution in [1.82, 2.24) is 15.0 Å². The van der Waals surface area contributed by atoms with E-state index in [1.807, 2.05) is 60.7 Å². The Balaban J connectivity index is 0.000000179. The summed E-state index contributed by atoms with van der Waals surface area (Å²) in [6.07, 6.45) is 5.28. The van der Waals surface area contributed by atoms with Crippen molar-refractivity contribution in [2.24, 2.45) is 0 Å². The van der Waals surface area contributed by atoms with E-state index in [9.17, 15) is 26.3 Å². The fraction of sp³-hybridized carbons (Fsp3) is 0.186. The zero-order valence-electron chi connectivity index (χ0n) is 47.8. The van der Waals surface area contributed by atoms with Crippen molar-refractivity contribution in [3.05, 3.63) is 234 Å². The maximum Gasteiger partial charge on any atom is 0 e. The maximum absolute atomic E-state index is 14.2. The monoisotopic (exact) mass is 1640 g/mol. The maximum atomic E-state index is 14.2. The number of fused-ring (bicyclic) bond motifs is 3. The van der Waals surface area contributed by atoms with Crippen LogP contribution >= 0.6 is 62.8 Å². The quantitative estimate of drug-likeness (QED) is 0.123. The number of hydrogen-bond acceptors (Lipinski definition) is 6. The first-order chi connectivity index (χ1) is 40.2. The molecule has 0 saturated carbocycles. The second-order valence-corrected chi connectivity index (χ2v) is 36.5. The van der Waals surface area contributed by atoms with Gasteiger partial charge in [-0.25, -0.2) is 26.3 Å². The Bertz CT molecular complexity index is 3880. The molecule has 0 spiro atoms. The molecule has 6 aromatic heterocycles. The van der Waals surface area contributed by atoms with Gasteiger partial charge >= 0.3 is 42.2 Å². The van der Waals surface area contributed by atoms with Gasteiger partial charge in [-0.3, -0.25) is 4.98 Å². The van der Waals surface area contributed by atoms with Crippen LogP contribution in [0.25, 0.3) is 95.4 Å². The zero-order chi connectivity index (χ0) is 61.1. The van der Waals surface area contributed by atoms with E-state index in [0.717, 1.165) is 96.9 Å². The molecule has 0 unspecified atom stereocenters. The van der Waals surface area contributed by atoms with Crippen LogP contribution in [-0.4, -0.2) is 15.0 Å². The summed E-state index contributed by atoms with van der Waals surface area (Å²) in [6.45, 7) is 19.5. The van der Waals surface area contributed by atoms with E-state index in [1.165, 1.54) is 87.1 Å². The van der Waals surface area contributed by atoms with Gasteiger partial charge in [-0.1, -0.05) is 94.0 Å². The van der Waals surface area contributed by atoms with Gasteiger partial charge in [-0.2, -0.15) is 0 Å². The van der Waals surface area contributed by atoms with Crippen LogP contribution in [0, 0.1) is 47.0 Å². The second kappa shape index (κ2) is 28.9. The minimum absolute atomic E-state index is 0. The summed E-state index contributed by atoms with van der Waals surface area (Å²) in [6, 6.07) is 49.9. The Kier molecular flexibility index (Phi) is 22.9. The molecule has 0 aliphatic heterocycles. The Morgan fingerprint density at radius 3 is 0.977 bits per heavy atom. The van der Waals surface area contributed by atoms with Gasteiger partial charge in [0.05, 0.1) is 5.69 Å². The third-order valence-electron chi connectivity index (χ3n) is 13.8. The zero-order valence-corrected chi connectivity index (χ0v) is 57.3. The van der Waals surface area contributed by atoms with Crippen LogP contribution < -0.4 is 0 Å². The van der Waals surface area contributed by atoms with Crippen LogP contribution in [0.3, 0.4) is 0 Å². The summed E-state index contributed by atoms with van der Waals surface area (Å²) in [5.41, 5.74) is 10.4. The largest absolute Gasteiger partial charge is 0 e. The van der Waals surface area contributed by atoms with Gasteiger partial charge in [0, 0.05) is 113 Å². The number of rotatable bonds is 6. The topological polar surface area (TPSA) is 38.7 Å². The molecule has 6 heterocycles. The number of halogens is 9. The van der Waals surface area contributed by atoms with E-state index >= 15 is 0 Å². The fourth-order valence-corrected chi connectivity index (χ4v) is 12.5. The number of aromatic nitrogens is 3. The van der Waals surface area contributed by atoms with E-state index in [2.05, 4.69) is 126 Å². The van der Waals surface area contributed by atoms with Crippen molar-refractivity contribution in [1.29, 1.82) is 0 Å². The number of nitrogens with zero attached hydrogens (tertiary/aromatic N) is 3. The second-order valence-electron chi connectivity index (χ2n) is 22.9.